The standard InChI is InChI=1S/C24H29ClN2O5/c1-15-16(2-3-17-18(15)13-31-22(17)29)20(28)12-26-8-4-24(5-9-26)6-10-27(11-7-24)19-14-32-23(30)21(19)25/h2-3,20,28H,4-14H2,1H3. The molecule has 1 N–H and O–H groups in total. The third-order valence-corrected chi connectivity index (χ3v) is 8.27. The Morgan fingerprint density at radius 3 is 2.34 bits per heavy atom. The summed E-state index contributed by atoms with van der Waals surface area (Å²) in [7, 11) is 0. The Labute approximate surface area is 192 Å². The van der Waals surface area contributed by atoms with Gasteiger partial charge in [0.05, 0.1) is 17.4 Å². The van der Waals surface area contributed by atoms with Gasteiger partial charge in [0.25, 0.3) is 0 Å². The first-order valence-corrected chi connectivity index (χ1v) is 11.8. The Hall–Kier alpha value is -2.09. The number of β-amino-alcohol motifs (C(OH)–C–C–N with tert-alkyl or cyclic N) is 1. The number of hydrogen-bond acceptors (Lipinski definition) is 7. The molecule has 2 saturated heterocycles. The van der Waals surface area contributed by atoms with Gasteiger partial charge in [-0.05, 0) is 68.3 Å². The normalized spacial score (nSPS) is 24.0. The van der Waals surface area contributed by atoms with Gasteiger partial charge in [-0.25, -0.2) is 9.59 Å². The van der Waals surface area contributed by atoms with Crippen LogP contribution in [0.1, 0.15) is 58.8 Å². The highest BCUT2D eigenvalue weighted by Crippen LogP contribution is 2.43. The Balaban J connectivity index is 1.16. The lowest BCUT2D eigenvalue weighted by Gasteiger charge is -2.47. The Morgan fingerprint density at radius 2 is 1.69 bits per heavy atom. The van der Waals surface area contributed by atoms with Gasteiger partial charge in [0.2, 0.25) is 0 Å². The van der Waals surface area contributed by atoms with Crippen molar-refractivity contribution >= 4 is 23.5 Å². The number of likely N-dealkylation sites (tertiary alicyclic amines) is 2. The van der Waals surface area contributed by atoms with E-state index in [1.165, 1.54) is 0 Å². The number of carbonyl (C=O) groups is 2. The predicted octanol–water partition coefficient (Wildman–Crippen LogP) is 2.88. The van der Waals surface area contributed by atoms with E-state index in [0.29, 0.717) is 30.7 Å². The highest BCUT2D eigenvalue weighted by atomic mass is 35.5. The van der Waals surface area contributed by atoms with Gasteiger partial charge in [-0.3, -0.25) is 0 Å². The highest BCUT2D eigenvalue weighted by molar-refractivity contribution is 6.42. The molecule has 7 nitrogen and oxygen atoms in total. The summed E-state index contributed by atoms with van der Waals surface area (Å²) in [6, 6.07) is 3.64. The van der Waals surface area contributed by atoms with Gasteiger partial charge < -0.3 is 24.4 Å². The number of cyclic esters (lactones) is 2. The number of ether oxygens (including phenoxy) is 2. The van der Waals surface area contributed by atoms with Crippen LogP contribution in [-0.4, -0.2) is 66.2 Å². The summed E-state index contributed by atoms with van der Waals surface area (Å²) < 4.78 is 10.2. The maximum atomic E-state index is 11.8. The molecule has 0 radical (unpaired) electrons. The SMILES string of the molecule is Cc1c(C(O)CN2CCC3(CC2)CCN(C2=C(Cl)C(=O)OC2)CC3)ccc2c1COC2=O. The fourth-order valence-electron chi connectivity index (χ4n) is 5.64. The van der Waals surface area contributed by atoms with Gasteiger partial charge in [0, 0.05) is 25.2 Å². The average molecular weight is 461 g/mol. The summed E-state index contributed by atoms with van der Waals surface area (Å²) in [5.41, 5.74) is 4.54. The van der Waals surface area contributed by atoms with Crippen LogP contribution in [0, 0.1) is 12.3 Å². The van der Waals surface area contributed by atoms with Crippen LogP contribution in [0.4, 0.5) is 0 Å². The molecule has 0 amide bonds. The van der Waals surface area contributed by atoms with Crippen molar-refractivity contribution in [3.63, 3.8) is 0 Å². The number of fused-ring (bicyclic) bond motifs is 1. The molecule has 172 valence electrons. The van der Waals surface area contributed by atoms with Crippen molar-refractivity contribution in [2.75, 3.05) is 39.3 Å². The first-order valence-electron chi connectivity index (χ1n) is 11.4. The van der Waals surface area contributed by atoms with Crippen molar-refractivity contribution in [3.8, 4) is 0 Å². The molecule has 1 unspecified atom stereocenters. The van der Waals surface area contributed by atoms with Gasteiger partial charge in [0.15, 0.2) is 0 Å². The Bertz CT molecular complexity index is 973. The van der Waals surface area contributed by atoms with Crippen molar-refractivity contribution in [2.24, 2.45) is 5.41 Å². The molecular weight excluding hydrogens is 432 g/mol. The highest BCUT2D eigenvalue weighted by Gasteiger charge is 2.40. The second kappa shape index (κ2) is 8.36. The van der Waals surface area contributed by atoms with E-state index >= 15 is 0 Å². The number of hydrogen-bond donors (Lipinski definition) is 1. The number of piperidine rings is 2. The molecule has 1 atom stereocenters. The number of benzene rings is 1. The molecule has 0 aliphatic carbocycles. The number of rotatable bonds is 4. The molecule has 1 aromatic rings. The van der Waals surface area contributed by atoms with E-state index < -0.39 is 12.1 Å². The quantitative estimate of drug-likeness (QED) is 0.692. The van der Waals surface area contributed by atoms with Crippen molar-refractivity contribution in [1.82, 2.24) is 9.80 Å². The fourth-order valence-corrected chi connectivity index (χ4v) is 5.87. The molecular formula is C24H29ClN2O5. The zero-order valence-corrected chi connectivity index (χ0v) is 19.1. The molecule has 4 heterocycles. The van der Waals surface area contributed by atoms with Crippen molar-refractivity contribution in [1.29, 1.82) is 0 Å². The molecule has 4 aliphatic rings. The van der Waals surface area contributed by atoms with Crippen LogP contribution >= 0.6 is 11.6 Å². The molecule has 2 fully saturated rings. The van der Waals surface area contributed by atoms with Gasteiger partial charge in [0.1, 0.15) is 18.2 Å². The summed E-state index contributed by atoms with van der Waals surface area (Å²) in [4.78, 5) is 27.9. The second-order valence-electron chi connectivity index (χ2n) is 9.52. The third-order valence-electron chi connectivity index (χ3n) is 7.89. The summed E-state index contributed by atoms with van der Waals surface area (Å²) in [6.07, 6.45) is 3.82. The van der Waals surface area contributed by atoms with Crippen molar-refractivity contribution in [3.05, 3.63) is 45.1 Å². The largest absolute Gasteiger partial charge is 0.457 e. The number of aliphatic hydroxyl groups is 1. The van der Waals surface area contributed by atoms with E-state index in [1.54, 1.807) is 6.07 Å². The van der Waals surface area contributed by atoms with E-state index in [9.17, 15) is 14.7 Å². The van der Waals surface area contributed by atoms with Crippen LogP contribution < -0.4 is 0 Å². The minimum atomic E-state index is -0.583. The predicted molar refractivity (Wildman–Crippen MR) is 118 cm³/mol. The summed E-state index contributed by atoms with van der Waals surface area (Å²) in [6.45, 7) is 6.88. The fraction of sp³-hybridized carbons (Fsp3) is 0.583. The molecule has 0 bridgehead atoms. The van der Waals surface area contributed by atoms with Crippen LogP contribution in [0.3, 0.4) is 0 Å². The van der Waals surface area contributed by atoms with Crippen LogP contribution in [0.15, 0.2) is 22.9 Å². The number of esters is 2. The van der Waals surface area contributed by atoms with Crippen LogP contribution in [0.5, 0.6) is 0 Å². The van der Waals surface area contributed by atoms with Gasteiger partial charge in [-0.15, -0.1) is 0 Å². The zero-order valence-electron chi connectivity index (χ0n) is 18.4. The lowest BCUT2D eigenvalue weighted by atomic mass is 9.71. The topological polar surface area (TPSA) is 79.3 Å². The number of carbonyl (C=O) groups excluding carboxylic acids is 2. The molecule has 1 aromatic carbocycles. The molecule has 8 heteroatoms. The maximum absolute atomic E-state index is 11.8. The van der Waals surface area contributed by atoms with Crippen LogP contribution in [0.2, 0.25) is 0 Å². The lowest BCUT2D eigenvalue weighted by Crippen LogP contribution is -2.47. The number of halogens is 1. The molecule has 0 saturated carbocycles. The number of aliphatic hydroxyl groups excluding tert-OH is 1. The molecule has 0 aromatic heterocycles. The van der Waals surface area contributed by atoms with Crippen LogP contribution in [0.25, 0.3) is 0 Å². The van der Waals surface area contributed by atoms with Gasteiger partial charge in [-0.2, -0.15) is 0 Å². The van der Waals surface area contributed by atoms with E-state index in [0.717, 1.165) is 74.2 Å². The van der Waals surface area contributed by atoms with Crippen molar-refractivity contribution in [2.45, 2.75) is 45.3 Å². The first kappa shape index (κ1) is 21.7. The summed E-state index contributed by atoms with van der Waals surface area (Å²) >= 11 is 6.12. The van der Waals surface area contributed by atoms with E-state index in [-0.39, 0.29) is 11.0 Å². The minimum absolute atomic E-state index is 0.238. The minimum Gasteiger partial charge on any atom is -0.457 e. The number of nitrogens with zero attached hydrogens (tertiary/aromatic N) is 2. The van der Waals surface area contributed by atoms with Crippen molar-refractivity contribution < 1.29 is 24.2 Å². The van der Waals surface area contributed by atoms with Crippen LogP contribution in [-0.2, 0) is 20.9 Å². The molecule has 4 aliphatic heterocycles. The maximum Gasteiger partial charge on any atom is 0.352 e. The van der Waals surface area contributed by atoms with Gasteiger partial charge >= 0.3 is 11.9 Å². The van der Waals surface area contributed by atoms with Gasteiger partial charge in [-0.1, -0.05) is 17.7 Å². The average Bonchev–Trinajstić information content (AvgIpc) is 3.34. The van der Waals surface area contributed by atoms with E-state index in [2.05, 4.69) is 9.80 Å². The Kier molecular flexibility index (Phi) is 5.68. The lowest BCUT2D eigenvalue weighted by molar-refractivity contribution is -0.135. The zero-order chi connectivity index (χ0) is 22.5. The summed E-state index contributed by atoms with van der Waals surface area (Å²) in [5, 5.41) is 11.2. The molecule has 1 spiro atoms. The second-order valence-corrected chi connectivity index (χ2v) is 9.90. The van der Waals surface area contributed by atoms with E-state index in [4.69, 9.17) is 21.1 Å². The first-order chi connectivity index (χ1) is 15.4. The monoisotopic (exact) mass is 460 g/mol. The smallest absolute Gasteiger partial charge is 0.352 e. The molecule has 32 heavy (non-hydrogen) atoms. The molecule has 5 rings (SSSR count). The van der Waals surface area contributed by atoms with E-state index in [1.807, 2.05) is 13.0 Å². The Morgan fingerprint density at radius 1 is 1.03 bits per heavy atom. The third kappa shape index (κ3) is 3.80. The summed E-state index contributed by atoms with van der Waals surface area (Å²) in [5.74, 6) is -0.686.